The van der Waals surface area contributed by atoms with E-state index >= 15 is 0 Å². The monoisotopic (exact) mass is 309 g/mol. The first-order valence-electron chi connectivity index (χ1n) is 1.70. The second-order valence-corrected chi connectivity index (χ2v) is 2.11. The van der Waals surface area contributed by atoms with E-state index in [9.17, 15) is 5.11 Å². The Morgan fingerprint density at radius 1 is 1.14 bits per heavy atom. The van der Waals surface area contributed by atoms with Gasteiger partial charge in [0.25, 0.3) is 0 Å². The Bertz CT molecular complexity index is 27.2. The van der Waals surface area contributed by atoms with Crippen LogP contribution < -0.4 is 56.5 Å². The third-order valence-corrected chi connectivity index (χ3v) is 0. The van der Waals surface area contributed by atoms with Gasteiger partial charge in [0.1, 0.15) is 0 Å². The van der Waals surface area contributed by atoms with Gasteiger partial charge in [0.2, 0.25) is 0 Å². The van der Waals surface area contributed by atoms with Gasteiger partial charge in [0.15, 0.2) is 0 Å². The summed E-state index contributed by atoms with van der Waals surface area (Å²) < 4.78 is 0. The Hall–Kier alpha value is 2.34. The van der Waals surface area contributed by atoms with Gasteiger partial charge in [0.05, 0.1) is 0 Å². The maximum absolute atomic E-state index is 10.1. The van der Waals surface area contributed by atoms with Crippen molar-refractivity contribution in [2.24, 2.45) is 0 Å². The summed E-state index contributed by atoms with van der Waals surface area (Å²) >= 11 is 0. The van der Waals surface area contributed by atoms with E-state index in [-0.39, 0.29) is 73.8 Å². The molecule has 0 aromatic rings. The van der Waals surface area contributed by atoms with Crippen LogP contribution >= 0.6 is 0 Å². The maximum atomic E-state index is 10.1. The van der Waals surface area contributed by atoms with Crippen LogP contribution in [0.25, 0.3) is 0 Å². The molecule has 0 N–H and O–H groups in total. The van der Waals surface area contributed by atoms with Gasteiger partial charge < -0.3 is 5.11 Å². The Kier molecular flexibility index (Phi) is 14.9. The van der Waals surface area contributed by atoms with Crippen molar-refractivity contribution in [3.63, 3.8) is 0 Å². The average molecular weight is 309 g/mol. The van der Waals surface area contributed by atoms with Crippen LogP contribution in [0.15, 0.2) is 0 Å². The van der Waals surface area contributed by atoms with Crippen LogP contribution in [0.2, 0.25) is 0 Å². The van der Waals surface area contributed by atoms with Gasteiger partial charge >= 0.3 is 51.4 Å². The van der Waals surface area contributed by atoms with Crippen molar-refractivity contribution in [1.82, 2.24) is 0 Å². The van der Waals surface area contributed by atoms with Gasteiger partial charge in [-0.1, -0.05) is 20.8 Å². The summed E-state index contributed by atoms with van der Waals surface area (Å²) in [4.78, 5) is 0. The van der Waals surface area contributed by atoms with Crippen LogP contribution in [-0.2, 0) is 22.4 Å². The molecule has 0 aliphatic rings. The molecule has 0 spiro atoms. The van der Waals surface area contributed by atoms with E-state index in [1.165, 1.54) is 0 Å². The van der Waals surface area contributed by atoms with Crippen molar-refractivity contribution in [3.05, 3.63) is 0 Å². The average Bonchev–Trinajstić information content (AvgIpc) is 0.722. The molecule has 0 aliphatic heterocycles. The van der Waals surface area contributed by atoms with Gasteiger partial charge in [-0.15, -0.1) is 5.60 Å². The van der Waals surface area contributed by atoms with E-state index in [0.29, 0.717) is 0 Å². The molecule has 0 saturated heterocycles. The predicted molar refractivity (Wildman–Crippen MR) is 19.8 cm³/mol. The van der Waals surface area contributed by atoms with Crippen LogP contribution in [0.4, 0.5) is 0 Å². The normalized spacial score (nSPS) is 8.57. The van der Waals surface area contributed by atoms with E-state index in [0.717, 1.165) is 0 Å². The molecule has 0 atom stereocenters. The summed E-state index contributed by atoms with van der Waals surface area (Å²) in [6.45, 7) is 4.90. The van der Waals surface area contributed by atoms with Gasteiger partial charge in [-0.25, -0.2) is 0 Å². The molecular formula is C4H9AuKO. The minimum Gasteiger partial charge on any atom is -0.850 e. The summed E-state index contributed by atoms with van der Waals surface area (Å²) in [5, 5.41) is 10.1. The number of rotatable bonds is 0. The molecule has 0 rings (SSSR count). The molecule has 0 heterocycles. The zero-order valence-corrected chi connectivity index (χ0v) is 10.5. The molecule has 0 bridgehead atoms. The Labute approximate surface area is 103 Å². The first-order valence-corrected chi connectivity index (χ1v) is 1.70. The molecule has 43 valence electrons. The molecule has 0 unspecified atom stereocenters. The molecule has 0 aromatic heterocycles. The minimum atomic E-state index is -0.750. The quantitative estimate of drug-likeness (QED) is 0.442. The molecule has 1 nitrogen and oxygen atoms in total. The van der Waals surface area contributed by atoms with Crippen molar-refractivity contribution in [2.75, 3.05) is 0 Å². The fourth-order valence-electron chi connectivity index (χ4n) is 0. The van der Waals surface area contributed by atoms with Gasteiger partial charge in [-0.2, -0.15) is 0 Å². The summed E-state index contributed by atoms with van der Waals surface area (Å²) in [5.74, 6) is 0. The first kappa shape index (κ1) is 16.2. The van der Waals surface area contributed by atoms with Gasteiger partial charge in [-0.05, 0) is 0 Å². The molecule has 7 heavy (non-hydrogen) atoms. The standard InChI is InChI=1S/C4H9O.Au.K/c1-4(2,3)5;;/h1-3H3;;/q-1;;+1. The summed E-state index contributed by atoms with van der Waals surface area (Å²) in [7, 11) is 0. The molecular weight excluding hydrogens is 300 g/mol. The van der Waals surface area contributed by atoms with Crippen molar-refractivity contribution in [3.8, 4) is 0 Å². The van der Waals surface area contributed by atoms with Crippen molar-refractivity contribution in [1.29, 1.82) is 0 Å². The minimum absolute atomic E-state index is 0. The van der Waals surface area contributed by atoms with Crippen molar-refractivity contribution >= 4 is 0 Å². The Morgan fingerprint density at radius 3 is 1.14 bits per heavy atom. The molecule has 3 heteroatoms. The smallest absolute Gasteiger partial charge is 0.850 e. The molecule has 0 saturated carbocycles. The van der Waals surface area contributed by atoms with E-state index in [1.54, 1.807) is 20.8 Å². The molecule has 1 radical (unpaired) electrons. The van der Waals surface area contributed by atoms with Crippen molar-refractivity contribution in [2.45, 2.75) is 26.4 Å². The number of hydrogen-bond acceptors (Lipinski definition) is 1. The third kappa shape index (κ3) is 61.3. The van der Waals surface area contributed by atoms with Gasteiger partial charge in [0, 0.05) is 22.4 Å². The zero-order valence-electron chi connectivity index (χ0n) is 5.21. The van der Waals surface area contributed by atoms with Crippen LogP contribution in [-0.4, -0.2) is 5.60 Å². The maximum Gasteiger partial charge on any atom is 1.00 e. The van der Waals surface area contributed by atoms with E-state index in [4.69, 9.17) is 0 Å². The Morgan fingerprint density at radius 2 is 1.14 bits per heavy atom. The largest absolute Gasteiger partial charge is 1.00 e. The van der Waals surface area contributed by atoms with Crippen LogP contribution in [0.1, 0.15) is 20.8 Å². The molecule has 0 aromatic carbocycles. The molecule has 0 fully saturated rings. The Balaban J connectivity index is -0.0000000800. The summed E-state index contributed by atoms with van der Waals surface area (Å²) in [6, 6.07) is 0. The second-order valence-electron chi connectivity index (χ2n) is 2.11. The molecule has 0 amide bonds. The summed E-state index contributed by atoms with van der Waals surface area (Å²) in [6.07, 6.45) is 0. The van der Waals surface area contributed by atoms with E-state index < -0.39 is 5.60 Å². The zero-order chi connectivity index (χ0) is 4.50. The van der Waals surface area contributed by atoms with Crippen LogP contribution in [0.5, 0.6) is 0 Å². The fourth-order valence-corrected chi connectivity index (χ4v) is 0. The second kappa shape index (κ2) is 6.46. The fraction of sp³-hybridized carbons (Fsp3) is 1.00. The topological polar surface area (TPSA) is 23.1 Å². The van der Waals surface area contributed by atoms with Crippen LogP contribution in [0, 0.1) is 0 Å². The molecule has 0 aliphatic carbocycles. The van der Waals surface area contributed by atoms with Crippen molar-refractivity contribution < 1.29 is 78.9 Å². The number of hydrogen-bond donors (Lipinski definition) is 0. The summed E-state index contributed by atoms with van der Waals surface area (Å²) in [5.41, 5.74) is -0.750. The third-order valence-electron chi connectivity index (χ3n) is 0. The van der Waals surface area contributed by atoms with E-state index in [1.807, 2.05) is 0 Å². The van der Waals surface area contributed by atoms with E-state index in [2.05, 4.69) is 0 Å². The predicted octanol–water partition coefficient (Wildman–Crippen LogP) is -2.85. The van der Waals surface area contributed by atoms with Gasteiger partial charge in [-0.3, -0.25) is 0 Å². The van der Waals surface area contributed by atoms with Crippen LogP contribution in [0.3, 0.4) is 0 Å². The SMILES string of the molecule is CC(C)(C)[O-].[Au].[K+]. The first-order chi connectivity index (χ1) is 2.00.